The number of hydrogen-bond donors (Lipinski definition) is 1. The van der Waals surface area contributed by atoms with Crippen molar-refractivity contribution in [2.45, 2.75) is 25.9 Å². The quantitative estimate of drug-likeness (QED) is 0.693. The lowest BCUT2D eigenvalue weighted by atomic mass is 9.90. The fraction of sp³-hybridized carbons (Fsp3) is 1.00. The van der Waals surface area contributed by atoms with Crippen molar-refractivity contribution >= 4 is 12.4 Å². The number of hydrogen-bond acceptors (Lipinski definition) is 2. The molecule has 11 heavy (non-hydrogen) atoms. The van der Waals surface area contributed by atoms with Crippen molar-refractivity contribution in [2.75, 3.05) is 20.2 Å². The van der Waals surface area contributed by atoms with Crippen molar-refractivity contribution < 1.29 is 4.74 Å². The molecule has 1 fully saturated rings. The summed E-state index contributed by atoms with van der Waals surface area (Å²) in [5, 5.41) is 3.33. The van der Waals surface area contributed by atoms with Crippen molar-refractivity contribution in [2.24, 2.45) is 5.92 Å². The largest absolute Gasteiger partial charge is 0.378 e. The van der Waals surface area contributed by atoms with Crippen LogP contribution in [0, 0.1) is 5.92 Å². The maximum atomic E-state index is 5.38. The maximum absolute atomic E-state index is 5.38. The summed E-state index contributed by atoms with van der Waals surface area (Å²) < 4.78 is 5.38. The van der Waals surface area contributed by atoms with Crippen LogP contribution in [0.3, 0.4) is 0 Å². The van der Waals surface area contributed by atoms with E-state index < -0.39 is 0 Å². The summed E-state index contributed by atoms with van der Waals surface area (Å²) >= 11 is 0. The molecule has 0 bridgehead atoms. The molecule has 0 aromatic carbocycles. The molecule has 0 radical (unpaired) electrons. The minimum absolute atomic E-state index is 0. The van der Waals surface area contributed by atoms with Gasteiger partial charge in [-0.1, -0.05) is 0 Å². The highest BCUT2D eigenvalue weighted by Crippen LogP contribution is 2.25. The second-order valence-corrected chi connectivity index (χ2v) is 3.50. The molecule has 0 aromatic rings. The molecule has 68 valence electrons. The van der Waals surface area contributed by atoms with E-state index in [9.17, 15) is 0 Å². The highest BCUT2D eigenvalue weighted by atomic mass is 35.5. The zero-order chi connectivity index (χ0) is 7.61. The third-order valence-corrected chi connectivity index (χ3v) is 2.57. The number of methoxy groups -OCH3 is 1. The molecule has 1 N–H and O–H groups in total. The molecule has 1 aliphatic heterocycles. The van der Waals surface area contributed by atoms with Crippen molar-refractivity contribution in [3.05, 3.63) is 0 Å². The van der Waals surface area contributed by atoms with Gasteiger partial charge in [-0.3, -0.25) is 0 Å². The van der Waals surface area contributed by atoms with Gasteiger partial charge in [0.25, 0.3) is 0 Å². The summed E-state index contributed by atoms with van der Waals surface area (Å²) in [6.07, 6.45) is 1.25. The van der Waals surface area contributed by atoms with Gasteiger partial charge in [0.2, 0.25) is 0 Å². The summed E-state index contributed by atoms with van der Waals surface area (Å²) in [4.78, 5) is 0. The van der Waals surface area contributed by atoms with Gasteiger partial charge in [0.15, 0.2) is 0 Å². The van der Waals surface area contributed by atoms with Gasteiger partial charge in [-0.15, -0.1) is 12.4 Å². The Morgan fingerprint density at radius 2 is 2.09 bits per heavy atom. The van der Waals surface area contributed by atoms with Gasteiger partial charge in [-0.2, -0.15) is 0 Å². The molecule has 1 atom stereocenters. The van der Waals surface area contributed by atoms with Gasteiger partial charge in [0, 0.05) is 19.6 Å². The minimum Gasteiger partial charge on any atom is -0.378 e. The molecular formula is C8H18ClNO. The third-order valence-electron chi connectivity index (χ3n) is 2.57. The van der Waals surface area contributed by atoms with Gasteiger partial charge in [-0.25, -0.2) is 0 Å². The Morgan fingerprint density at radius 3 is 2.45 bits per heavy atom. The number of rotatable bonds is 2. The Morgan fingerprint density at radius 1 is 1.45 bits per heavy atom. The maximum Gasteiger partial charge on any atom is 0.0663 e. The Balaban J connectivity index is 0.000001000. The first-order valence-corrected chi connectivity index (χ1v) is 3.92. The first kappa shape index (κ1) is 11.2. The summed E-state index contributed by atoms with van der Waals surface area (Å²) in [5.41, 5.74) is 0.0590. The summed E-state index contributed by atoms with van der Waals surface area (Å²) in [7, 11) is 1.79. The average molecular weight is 180 g/mol. The van der Waals surface area contributed by atoms with E-state index in [1.54, 1.807) is 7.11 Å². The van der Waals surface area contributed by atoms with E-state index in [4.69, 9.17) is 4.74 Å². The molecule has 1 aliphatic rings. The van der Waals surface area contributed by atoms with Crippen LogP contribution in [0.25, 0.3) is 0 Å². The van der Waals surface area contributed by atoms with Crippen LogP contribution in [-0.2, 0) is 4.74 Å². The molecular weight excluding hydrogens is 162 g/mol. The second-order valence-electron chi connectivity index (χ2n) is 3.50. The molecule has 1 rings (SSSR count). The van der Waals surface area contributed by atoms with Crippen molar-refractivity contribution in [1.82, 2.24) is 5.32 Å². The van der Waals surface area contributed by atoms with Crippen LogP contribution in [0.2, 0.25) is 0 Å². The molecule has 3 heteroatoms. The number of halogens is 1. The molecule has 0 aliphatic carbocycles. The first-order valence-electron chi connectivity index (χ1n) is 3.92. The molecule has 0 amide bonds. The van der Waals surface area contributed by atoms with Crippen LogP contribution in [0.15, 0.2) is 0 Å². The normalized spacial score (nSPS) is 24.8. The van der Waals surface area contributed by atoms with Gasteiger partial charge in [0.1, 0.15) is 0 Å². The lowest BCUT2D eigenvalue weighted by Gasteiger charge is -2.29. The summed E-state index contributed by atoms with van der Waals surface area (Å²) in [6, 6.07) is 0. The summed E-state index contributed by atoms with van der Waals surface area (Å²) in [6.45, 7) is 6.58. The lowest BCUT2D eigenvalue weighted by molar-refractivity contribution is -0.0211. The zero-order valence-electron chi connectivity index (χ0n) is 7.52. The SMILES string of the molecule is COC(C)(C)C1CCNC1.Cl. The van der Waals surface area contributed by atoms with E-state index in [-0.39, 0.29) is 18.0 Å². The van der Waals surface area contributed by atoms with Gasteiger partial charge in [-0.05, 0) is 26.8 Å². The Labute approximate surface area is 75.1 Å². The standard InChI is InChI=1S/C8H17NO.ClH/c1-8(2,10-3)7-4-5-9-6-7;/h7,9H,4-6H2,1-3H3;1H. The van der Waals surface area contributed by atoms with Crippen molar-refractivity contribution in [1.29, 1.82) is 0 Å². The fourth-order valence-electron chi connectivity index (χ4n) is 1.41. The van der Waals surface area contributed by atoms with E-state index in [1.165, 1.54) is 6.42 Å². The monoisotopic (exact) mass is 179 g/mol. The second kappa shape index (κ2) is 4.29. The van der Waals surface area contributed by atoms with Gasteiger partial charge in [0.05, 0.1) is 5.60 Å². The Hall–Kier alpha value is 0.210. The fourth-order valence-corrected chi connectivity index (χ4v) is 1.41. The Kier molecular flexibility index (Phi) is 4.37. The third kappa shape index (κ3) is 2.62. The highest BCUT2D eigenvalue weighted by Gasteiger charge is 2.31. The van der Waals surface area contributed by atoms with Crippen LogP contribution >= 0.6 is 12.4 Å². The smallest absolute Gasteiger partial charge is 0.0663 e. The zero-order valence-corrected chi connectivity index (χ0v) is 8.33. The van der Waals surface area contributed by atoms with Gasteiger partial charge >= 0.3 is 0 Å². The van der Waals surface area contributed by atoms with Crippen LogP contribution in [0.4, 0.5) is 0 Å². The van der Waals surface area contributed by atoms with Crippen LogP contribution in [0.1, 0.15) is 20.3 Å². The van der Waals surface area contributed by atoms with E-state index >= 15 is 0 Å². The predicted octanol–water partition coefficient (Wildman–Crippen LogP) is 1.44. The topological polar surface area (TPSA) is 21.3 Å². The Bertz CT molecular complexity index is 111. The van der Waals surface area contributed by atoms with Crippen molar-refractivity contribution in [3.8, 4) is 0 Å². The van der Waals surface area contributed by atoms with E-state index in [0.717, 1.165) is 13.1 Å². The van der Waals surface area contributed by atoms with Gasteiger partial charge < -0.3 is 10.1 Å². The minimum atomic E-state index is 0. The lowest BCUT2D eigenvalue weighted by Crippen LogP contribution is -2.34. The highest BCUT2D eigenvalue weighted by molar-refractivity contribution is 5.85. The number of nitrogens with one attached hydrogen (secondary N) is 1. The molecule has 0 spiro atoms. The van der Waals surface area contributed by atoms with Crippen LogP contribution in [0.5, 0.6) is 0 Å². The summed E-state index contributed by atoms with van der Waals surface area (Å²) in [5.74, 6) is 0.692. The molecule has 1 unspecified atom stereocenters. The molecule has 0 saturated carbocycles. The van der Waals surface area contributed by atoms with Crippen molar-refractivity contribution in [3.63, 3.8) is 0 Å². The van der Waals surface area contributed by atoms with E-state index in [0.29, 0.717) is 5.92 Å². The average Bonchev–Trinajstić information content (AvgIpc) is 2.38. The first-order chi connectivity index (χ1) is 4.67. The van der Waals surface area contributed by atoms with E-state index in [1.807, 2.05) is 0 Å². The van der Waals surface area contributed by atoms with Crippen LogP contribution < -0.4 is 5.32 Å². The molecule has 2 nitrogen and oxygen atoms in total. The molecule has 0 aromatic heterocycles. The molecule has 1 saturated heterocycles. The number of ether oxygens (including phenoxy) is 1. The van der Waals surface area contributed by atoms with E-state index in [2.05, 4.69) is 19.2 Å². The molecule has 1 heterocycles. The van der Waals surface area contributed by atoms with Crippen LogP contribution in [-0.4, -0.2) is 25.8 Å². The predicted molar refractivity (Wildman–Crippen MR) is 49.3 cm³/mol.